The van der Waals surface area contributed by atoms with E-state index in [0.717, 1.165) is 11.3 Å². The number of hydrogen-bond acceptors (Lipinski definition) is 6. The molecule has 0 aliphatic carbocycles. The average Bonchev–Trinajstić information content (AvgIpc) is 2.64. The molecule has 1 amide bonds. The first kappa shape index (κ1) is 15.9. The van der Waals surface area contributed by atoms with Crippen LogP contribution in [0.25, 0.3) is 0 Å². The molecule has 2 aromatic rings. The predicted molar refractivity (Wildman–Crippen MR) is 88.6 cm³/mol. The lowest BCUT2D eigenvalue weighted by atomic mass is 10.1. The van der Waals surface area contributed by atoms with Crippen LogP contribution in [0, 0.1) is 25.2 Å². The summed E-state index contributed by atoms with van der Waals surface area (Å²) in [5.74, 6) is 0.535. The van der Waals surface area contributed by atoms with Gasteiger partial charge in [0.1, 0.15) is 17.3 Å². The van der Waals surface area contributed by atoms with Crippen molar-refractivity contribution in [2.45, 2.75) is 13.8 Å². The zero-order valence-electron chi connectivity index (χ0n) is 13.7. The lowest BCUT2D eigenvalue weighted by Crippen LogP contribution is -2.49. The Bertz CT molecular complexity index is 791. The number of pyridine rings is 1. The van der Waals surface area contributed by atoms with Gasteiger partial charge in [0.25, 0.3) is 5.91 Å². The maximum absolute atomic E-state index is 12.4. The van der Waals surface area contributed by atoms with E-state index in [9.17, 15) is 10.1 Å². The van der Waals surface area contributed by atoms with E-state index in [1.54, 1.807) is 29.3 Å². The van der Waals surface area contributed by atoms with Crippen molar-refractivity contribution < 1.29 is 4.79 Å². The molecular formula is C17H18N6O. The largest absolute Gasteiger partial charge is 0.350 e. The van der Waals surface area contributed by atoms with Gasteiger partial charge >= 0.3 is 0 Å². The molecule has 0 bridgehead atoms. The number of hydrogen-bond donors (Lipinski definition) is 0. The second-order valence-electron chi connectivity index (χ2n) is 5.72. The van der Waals surface area contributed by atoms with Crippen LogP contribution in [0.3, 0.4) is 0 Å². The topological polar surface area (TPSA) is 86.0 Å². The summed E-state index contributed by atoms with van der Waals surface area (Å²) in [6, 6.07) is 7.54. The fourth-order valence-electron chi connectivity index (χ4n) is 2.72. The van der Waals surface area contributed by atoms with Crippen LogP contribution in [0.2, 0.25) is 0 Å². The maximum atomic E-state index is 12.4. The first-order valence-electron chi connectivity index (χ1n) is 7.81. The van der Waals surface area contributed by atoms with Crippen LogP contribution in [0.5, 0.6) is 0 Å². The number of nitrogens with zero attached hydrogens (tertiary/aromatic N) is 6. The number of amides is 1. The number of piperazine rings is 1. The second-order valence-corrected chi connectivity index (χ2v) is 5.72. The molecule has 0 spiro atoms. The van der Waals surface area contributed by atoms with Crippen molar-refractivity contribution in [3.05, 3.63) is 46.9 Å². The van der Waals surface area contributed by atoms with E-state index in [1.165, 1.54) is 0 Å². The Kier molecular flexibility index (Phi) is 4.38. The number of carbonyl (C=O) groups is 1. The Morgan fingerprint density at radius 2 is 1.92 bits per heavy atom. The fourth-order valence-corrected chi connectivity index (χ4v) is 2.72. The van der Waals surface area contributed by atoms with E-state index >= 15 is 0 Å². The van der Waals surface area contributed by atoms with Gasteiger partial charge in [-0.3, -0.25) is 9.78 Å². The Hall–Kier alpha value is -3.01. The molecule has 1 aliphatic heterocycles. The molecule has 122 valence electrons. The third-order valence-electron chi connectivity index (χ3n) is 4.30. The number of rotatable bonds is 2. The van der Waals surface area contributed by atoms with E-state index in [1.807, 2.05) is 18.7 Å². The van der Waals surface area contributed by atoms with Gasteiger partial charge in [-0.1, -0.05) is 6.07 Å². The van der Waals surface area contributed by atoms with Crippen molar-refractivity contribution in [2.24, 2.45) is 0 Å². The van der Waals surface area contributed by atoms with Crippen LogP contribution in [0.4, 0.5) is 5.82 Å². The summed E-state index contributed by atoms with van der Waals surface area (Å²) in [5.41, 5.74) is 2.63. The third kappa shape index (κ3) is 2.91. The number of aromatic nitrogens is 3. The van der Waals surface area contributed by atoms with Crippen molar-refractivity contribution in [1.82, 2.24) is 20.1 Å². The van der Waals surface area contributed by atoms with Crippen LogP contribution in [-0.4, -0.2) is 52.2 Å². The van der Waals surface area contributed by atoms with Gasteiger partial charge in [-0.2, -0.15) is 10.4 Å². The highest BCUT2D eigenvalue weighted by Gasteiger charge is 2.25. The molecule has 1 fully saturated rings. The van der Waals surface area contributed by atoms with Gasteiger partial charge < -0.3 is 9.80 Å². The molecule has 1 saturated heterocycles. The minimum Gasteiger partial charge on any atom is -0.350 e. The summed E-state index contributed by atoms with van der Waals surface area (Å²) in [6.07, 6.45) is 1.62. The van der Waals surface area contributed by atoms with Crippen LogP contribution >= 0.6 is 0 Å². The van der Waals surface area contributed by atoms with E-state index in [4.69, 9.17) is 0 Å². The fraction of sp³-hybridized carbons (Fsp3) is 0.353. The minimum atomic E-state index is -0.0677. The van der Waals surface area contributed by atoms with Crippen molar-refractivity contribution in [2.75, 3.05) is 31.1 Å². The molecule has 3 heterocycles. The SMILES string of the molecule is Cc1nnc(N2CCN(C(=O)c3ccccn3)CC2)c(C#N)c1C. The summed E-state index contributed by atoms with van der Waals surface area (Å²) in [4.78, 5) is 20.3. The normalized spacial score (nSPS) is 14.4. The van der Waals surface area contributed by atoms with Crippen LogP contribution < -0.4 is 4.90 Å². The summed E-state index contributed by atoms with van der Waals surface area (Å²) in [7, 11) is 0. The average molecular weight is 322 g/mol. The van der Waals surface area contributed by atoms with Gasteiger partial charge in [-0.15, -0.1) is 5.10 Å². The van der Waals surface area contributed by atoms with Crippen molar-refractivity contribution >= 4 is 11.7 Å². The van der Waals surface area contributed by atoms with Crippen molar-refractivity contribution in [3.63, 3.8) is 0 Å². The van der Waals surface area contributed by atoms with Crippen molar-refractivity contribution in [3.8, 4) is 6.07 Å². The molecule has 24 heavy (non-hydrogen) atoms. The van der Waals surface area contributed by atoms with E-state index < -0.39 is 0 Å². The summed E-state index contributed by atoms with van der Waals surface area (Å²) >= 11 is 0. The summed E-state index contributed by atoms with van der Waals surface area (Å²) in [5, 5.41) is 17.8. The molecule has 0 saturated carbocycles. The van der Waals surface area contributed by atoms with Gasteiger partial charge in [0.05, 0.1) is 5.69 Å². The van der Waals surface area contributed by atoms with Gasteiger partial charge in [0, 0.05) is 32.4 Å². The molecule has 0 N–H and O–H groups in total. The molecule has 0 aromatic carbocycles. The Morgan fingerprint density at radius 3 is 2.54 bits per heavy atom. The Morgan fingerprint density at radius 1 is 1.17 bits per heavy atom. The highest BCUT2D eigenvalue weighted by atomic mass is 16.2. The van der Waals surface area contributed by atoms with Crippen LogP contribution in [0.15, 0.2) is 24.4 Å². The third-order valence-corrected chi connectivity index (χ3v) is 4.30. The Labute approximate surface area is 140 Å². The summed E-state index contributed by atoms with van der Waals surface area (Å²) < 4.78 is 0. The second kappa shape index (κ2) is 6.62. The highest BCUT2D eigenvalue weighted by Crippen LogP contribution is 2.22. The first-order valence-corrected chi connectivity index (χ1v) is 7.81. The van der Waals surface area contributed by atoms with E-state index in [2.05, 4.69) is 21.3 Å². The number of aryl methyl sites for hydroxylation is 1. The van der Waals surface area contributed by atoms with Gasteiger partial charge in [-0.25, -0.2) is 0 Å². The van der Waals surface area contributed by atoms with Crippen molar-refractivity contribution in [1.29, 1.82) is 5.26 Å². The summed E-state index contributed by atoms with van der Waals surface area (Å²) in [6.45, 7) is 6.09. The predicted octanol–water partition coefficient (Wildman–Crippen LogP) is 1.32. The van der Waals surface area contributed by atoms with Crippen LogP contribution in [-0.2, 0) is 0 Å². The molecule has 7 nitrogen and oxygen atoms in total. The smallest absolute Gasteiger partial charge is 0.272 e. The number of anilines is 1. The standard InChI is InChI=1S/C17H18N6O/c1-12-13(2)20-21-16(14(12)11-18)22-7-9-23(10-8-22)17(24)15-5-3-4-6-19-15/h3-6H,7-10H2,1-2H3. The zero-order chi connectivity index (χ0) is 17.1. The molecular weight excluding hydrogens is 304 g/mol. The first-order chi connectivity index (χ1) is 11.6. The van der Waals surface area contributed by atoms with Gasteiger partial charge in [-0.05, 0) is 31.5 Å². The lowest BCUT2D eigenvalue weighted by molar-refractivity contribution is 0.0740. The number of carbonyl (C=O) groups excluding carboxylic acids is 1. The highest BCUT2D eigenvalue weighted by molar-refractivity contribution is 5.92. The molecule has 3 rings (SSSR count). The molecule has 0 unspecified atom stereocenters. The molecule has 0 radical (unpaired) electrons. The van der Waals surface area contributed by atoms with Gasteiger partial charge in [0.15, 0.2) is 5.82 Å². The molecule has 0 atom stereocenters. The quantitative estimate of drug-likeness (QED) is 0.829. The maximum Gasteiger partial charge on any atom is 0.272 e. The minimum absolute atomic E-state index is 0.0677. The number of nitriles is 1. The molecule has 7 heteroatoms. The van der Waals surface area contributed by atoms with Gasteiger partial charge in [0.2, 0.25) is 0 Å². The van der Waals surface area contributed by atoms with Crippen LogP contribution in [0.1, 0.15) is 27.3 Å². The Balaban J connectivity index is 1.73. The molecule has 1 aliphatic rings. The monoisotopic (exact) mass is 322 g/mol. The molecule has 2 aromatic heterocycles. The lowest BCUT2D eigenvalue weighted by Gasteiger charge is -2.35. The van der Waals surface area contributed by atoms with E-state index in [-0.39, 0.29) is 5.91 Å². The van der Waals surface area contributed by atoms with E-state index in [0.29, 0.717) is 43.3 Å². The zero-order valence-corrected chi connectivity index (χ0v) is 13.7.